The van der Waals surface area contributed by atoms with E-state index >= 15 is 0 Å². The van der Waals surface area contributed by atoms with Gasteiger partial charge in [0.1, 0.15) is 12.4 Å². The second-order valence-electron chi connectivity index (χ2n) is 5.00. The average Bonchev–Trinajstić information content (AvgIpc) is 2.27. The van der Waals surface area contributed by atoms with E-state index in [1.165, 1.54) is 12.8 Å². The first-order chi connectivity index (χ1) is 8.63. The molecule has 0 unspecified atom stereocenters. The number of hydrogen-bond acceptors (Lipinski definition) is 2. The van der Waals surface area contributed by atoms with Crippen molar-refractivity contribution in [3.63, 3.8) is 0 Å². The van der Waals surface area contributed by atoms with Crippen molar-refractivity contribution in [1.29, 1.82) is 0 Å². The minimum Gasteiger partial charge on any atom is -0.492 e. The van der Waals surface area contributed by atoms with Crippen molar-refractivity contribution in [2.45, 2.75) is 18.2 Å². The molecule has 2 nitrogen and oxygen atoms in total. The van der Waals surface area contributed by atoms with Gasteiger partial charge in [0.25, 0.3) is 0 Å². The summed E-state index contributed by atoms with van der Waals surface area (Å²) in [6.07, 6.45) is 2.33. The van der Waals surface area contributed by atoms with Gasteiger partial charge in [0.15, 0.2) is 0 Å². The number of alkyl halides is 1. The number of rotatable bonds is 6. The van der Waals surface area contributed by atoms with E-state index in [4.69, 9.17) is 16.3 Å². The highest BCUT2D eigenvalue weighted by Crippen LogP contribution is 2.32. The fourth-order valence-electron chi connectivity index (χ4n) is 2.21. The Hall–Kier alpha value is -0.250. The first-order valence-corrected chi connectivity index (χ1v) is 7.57. The van der Waals surface area contributed by atoms with Gasteiger partial charge in [0.2, 0.25) is 0 Å². The zero-order valence-corrected chi connectivity index (χ0v) is 13.0. The standard InChI is InChI=1S/C14H19BrClNO/c1-17(10-11-7-13(16)8-11)5-6-18-14-4-2-3-12(15)9-14/h2-4,9,11,13H,5-8,10H2,1H3. The highest BCUT2D eigenvalue weighted by Gasteiger charge is 2.27. The zero-order valence-electron chi connectivity index (χ0n) is 10.6. The first kappa shape index (κ1) is 14.2. The third-order valence-corrected chi connectivity index (χ3v) is 4.14. The van der Waals surface area contributed by atoms with Crippen molar-refractivity contribution < 1.29 is 4.74 Å². The molecule has 0 aliphatic heterocycles. The molecule has 1 aromatic carbocycles. The minimum atomic E-state index is 0.418. The minimum absolute atomic E-state index is 0.418. The van der Waals surface area contributed by atoms with Gasteiger partial charge in [0.05, 0.1) is 0 Å². The maximum absolute atomic E-state index is 5.98. The molecule has 0 amide bonds. The molecular formula is C14H19BrClNO. The van der Waals surface area contributed by atoms with Crippen molar-refractivity contribution >= 4 is 27.5 Å². The molecule has 0 N–H and O–H groups in total. The van der Waals surface area contributed by atoms with Gasteiger partial charge in [-0.25, -0.2) is 0 Å². The van der Waals surface area contributed by atoms with Crippen LogP contribution < -0.4 is 4.74 Å². The lowest BCUT2D eigenvalue weighted by molar-refractivity contribution is 0.180. The van der Waals surface area contributed by atoms with E-state index in [9.17, 15) is 0 Å². The zero-order chi connectivity index (χ0) is 13.0. The van der Waals surface area contributed by atoms with E-state index < -0.39 is 0 Å². The van der Waals surface area contributed by atoms with Crippen LogP contribution >= 0.6 is 27.5 Å². The van der Waals surface area contributed by atoms with Crippen LogP contribution in [0.5, 0.6) is 5.75 Å². The molecule has 100 valence electrons. The van der Waals surface area contributed by atoms with Crippen molar-refractivity contribution in [2.24, 2.45) is 5.92 Å². The monoisotopic (exact) mass is 331 g/mol. The summed E-state index contributed by atoms with van der Waals surface area (Å²) in [4.78, 5) is 2.32. The SMILES string of the molecule is CN(CCOc1cccc(Br)c1)CC1CC(Cl)C1. The molecule has 1 aliphatic carbocycles. The largest absolute Gasteiger partial charge is 0.492 e. The first-order valence-electron chi connectivity index (χ1n) is 6.34. The van der Waals surface area contributed by atoms with Crippen LogP contribution in [0.3, 0.4) is 0 Å². The Balaban J connectivity index is 1.62. The lowest BCUT2D eigenvalue weighted by Crippen LogP contribution is -2.36. The van der Waals surface area contributed by atoms with Crippen LogP contribution in [-0.2, 0) is 0 Å². The normalized spacial score (nSPS) is 22.9. The molecule has 0 aromatic heterocycles. The second kappa shape index (κ2) is 6.78. The Morgan fingerprint density at radius 2 is 2.22 bits per heavy atom. The van der Waals surface area contributed by atoms with Crippen LogP contribution in [0.2, 0.25) is 0 Å². The molecule has 1 saturated carbocycles. The van der Waals surface area contributed by atoms with Crippen LogP contribution in [-0.4, -0.2) is 37.0 Å². The lowest BCUT2D eigenvalue weighted by atomic mass is 9.84. The van der Waals surface area contributed by atoms with Crippen LogP contribution in [0.25, 0.3) is 0 Å². The topological polar surface area (TPSA) is 12.5 Å². The Bertz CT molecular complexity index is 382. The molecule has 1 aliphatic rings. The van der Waals surface area contributed by atoms with Gasteiger partial charge < -0.3 is 9.64 Å². The molecule has 1 fully saturated rings. The van der Waals surface area contributed by atoms with Gasteiger partial charge in [0, 0.05) is 22.9 Å². The number of ether oxygens (including phenoxy) is 1. The quantitative estimate of drug-likeness (QED) is 0.735. The molecule has 0 radical (unpaired) electrons. The van der Waals surface area contributed by atoms with Crippen molar-refractivity contribution in [3.05, 3.63) is 28.7 Å². The summed E-state index contributed by atoms with van der Waals surface area (Å²) < 4.78 is 6.77. The lowest BCUT2D eigenvalue weighted by Gasteiger charge is -2.34. The molecule has 18 heavy (non-hydrogen) atoms. The highest BCUT2D eigenvalue weighted by molar-refractivity contribution is 9.10. The predicted octanol–water partition coefficient (Wildman–Crippen LogP) is 3.78. The Kier molecular flexibility index (Phi) is 5.34. The van der Waals surface area contributed by atoms with Gasteiger partial charge in [-0.2, -0.15) is 0 Å². The fraction of sp³-hybridized carbons (Fsp3) is 0.571. The molecule has 0 atom stereocenters. The van der Waals surface area contributed by atoms with Crippen molar-refractivity contribution in [2.75, 3.05) is 26.7 Å². The molecule has 0 saturated heterocycles. The molecular weight excluding hydrogens is 314 g/mol. The number of benzene rings is 1. The van der Waals surface area contributed by atoms with E-state index in [1.807, 2.05) is 24.3 Å². The van der Waals surface area contributed by atoms with Gasteiger partial charge in [-0.15, -0.1) is 11.6 Å². The number of likely N-dealkylation sites (N-methyl/N-ethyl adjacent to an activating group) is 1. The van der Waals surface area contributed by atoms with E-state index in [0.717, 1.165) is 35.8 Å². The smallest absolute Gasteiger partial charge is 0.120 e. The molecule has 0 heterocycles. The van der Waals surface area contributed by atoms with Crippen LogP contribution in [0.15, 0.2) is 28.7 Å². The average molecular weight is 333 g/mol. The van der Waals surface area contributed by atoms with E-state index in [0.29, 0.717) is 5.38 Å². The molecule has 1 aromatic rings. The Labute approximate surface area is 122 Å². The molecule has 2 rings (SSSR count). The van der Waals surface area contributed by atoms with E-state index in [-0.39, 0.29) is 0 Å². The molecule has 0 bridgehead atoms. The van der Waals surface area contributed by atoms with Crippen LogP contribution in [0.4, 0.5) is 0 Å². The van der Waals surface area contributed by atoms with E-state index in [1.54, 1.807) is 0 Å². The summed E-state index contributed by atoms with van der Waals surface area (Å²) in [6.45, 7) is 2.81. The predicted molar refractivity (Wildman–Crippen MR) is 79.5 cm³/mol. The van der Waals surface area contributed by atoms with Crippen LogP contribution in [0, 0.1) is 5.92 Å². The number of hydrogen-bond donors (Lipinski definition) is 0. The van der Waals surface area contributed by atoms with Gasteiger partial charge in [-0.05, 0) is 44.0 Å². The summed E-state index contributed by atoms with van der Waals surface area (Å²) in [5.41, 5.74) is 0. The number of nitrogens with zero attached hydrogens (tertiary/aromatic N) is 1. The Morgan fingerprint density at radius 1 is 1.44 bits per heavy atom. The van der Waals surface area contributed by atoms with Gasteiger partial charge in [-0.3, -0.25) is 0 Å². The van der Waals surface area contributed by atoms with Gasteiger partial charge >= 0.3 is 0 Å². The second-order valence-corrected chi connectivity index (χ2v) is 6.54. The summed E-state index contributed by atoms with van der Waals surface area (Å²) in [6, 6.07) is 7.95. The maximum Gasteiger partial charge on any atom is 0.120 e. The molecule has 0 spiro atoms. The van der Waals surface area contributed by atoms with E-state index in [2.05, 4.69) is 27.9 Å². The van der Waals surface area contributed by atoms with Crippen molar-refractivity contribution in [1.82, 2.24) is 4.90 Å². The third kappa shape index (κ3) is 4.45. The number of halogens is 2. The highest BCUT2D eigenvalue weighted by atomic mass is 79.9. The fourth-order valence-corrected chi connectivity index (χ4v) is 3.09. The van der Waals surface area contributed by atoms with Crippen molar-refractivity contribution in [3.8, 4) is 5.75 Å². The summed E-state index contributed by atoms with van der Waals surface area (Å²) in [5.74, 6) is 1.70. The summed E-state index contributed by atoms with van der Waals surface area (Å²) >= 11 is 9.41. The maximum atomic E-state index is 5.98. The summed E-state index contributed by atoms with van der Waals surface area (Å²) in [5, 5.41) is 0.418. The van der Waals surface area contributed by atoms with Crippen LogP contribution in [0.1, 0.15) is 12.8 Å². The third-order valence-electron chi connectivity index (χ3n) is 3.29. The van der Waals surface area contributed by atoms with Gasteiger partial charge in [-0.1, -0.05) is 22.0 Å². The Morgan fingerprint density at radius 3 is 2.89 bits per heavy atom. The molecule has 4 heteroatoms. The summed E-state index contributed by atoms with van der Waals surface area (Å²) in [7, 11) is 2.14.